The van der Waals surface area contributed by atoms with Crippen LogP contribution in [0.2, 0.25) is 0 Å². The predicted octanol–water partition coefficient (Wildman–Crippen LogP) is 3.40. The van der Waals surface area contributed by atoms with Crippen molar-refractivity contribution in [2.45, 2.75) is 45.1 Å². The molecule has 2 atom stereocenters. The lowest BCUT2D eigenvalue weighted by Gasteiger charge is -2.36. The molecule has 0 bridgehead atoms. The van der Waals surface area contributed by atoms with Gasteiger partial charge in [-0.15, -0.1) is 0 Å². The maximum absolute atomic E-state index is 13.0. The monoisotopic (exact) mass is 222 g/mol. The highest BCUT2D eigenvalue weighted by molar-refractivity contribution is 5.31. The topological polar surface area (TPSA) is 20.2 Å². The molecule has 0 heterocycles. The molecule has 0 aliphatic heterocycles. The van der Waals surface area contributed by atoms with Crippen molar-refractivity contribution in [1.82, 2.24) is 0 Å². The summed E-state index contributed by atoms with van der Waals surface area (Å²) in [5.74, 6) is 0.553. The Hall–Kier alpha value is -0.890. The Labute approximate surface area is 96.3 Å². The molecule has 2 rings (SSSR count). The summed E-state index contributed by atoms with van der Waals surface area (Å²) < 4.78 is 13.0. The third-order valence-electron chi connectivity index (χ3n) is 3.77. The molecule has 1 aliphatic carbocycles. The van der Waals surface area contributed by atoms with Gasteiger partial charge in [0.25, 0.3) is 0 Å². The molecule has 2 heteroatoms. The molecule has 0 aromatic heterocycles. The molecule has 1 nitrogen and oxygen atoms in total. The van der Waals surface area contributed by atoms with Gasteiger partial charge in [0.15, 0.2) is 0 Å². The number of aliphatic hydroxyl groups is 1. The van der Waals surface area contributed by atoms with Crippen molar-refractivity contribution in [1.29, 1.82) is 0 Å². The zero-order valence-corrected chi connectivity index (χ0v) is 9.91. The van der Waals surface area contributed by atoms with E-state index in [0.717, 1.165) is 11.1 Å². The second-order valence-corrected chi connectivity index (χ2v) is 4.96. The van der Waals surface area contributed by atoms with Crippen LogP contribution in [-0.4, -0.2) is 11.2 Å². The van der Waals surface area contributed by atoms with Gasteiger partial charge in [-0.1, -0.05) is 12.5 Å². The zero-order chi connectivity index (χ0) is 11.7. The van der Waals surface area contributed by atoms with Crippen molar-refractivity contribution in [3.8, 4) is 0 Å². The summed E-state index contributed by atoms with van der Waals surface area (Å²) in [4.78, 5) is 0. The van der Waals surface area contributed by atoms with E-state index in [1.54, 1.807) is 6.07 Å². The molecule has 0 saturated heterocycles. The predicted molar refractivity (Wildman–Crippen MR) is 62.9 cm³/mol. The van der Waals surface area contributed by atoms with Crippen molar-refractivity contribution in [2.75, 3.05) is 0 Å². The lowest BCUT2D eigenvalue weighted by atomic mass is 9.70. The molecule has 1 aliphatic rings. The Morgan fingerprint density at radius 2 is 2.06 bits per heavy atom. The lowest BCUT2D eigenvalue weighted by molar-refractivity contribution is 0.101. The zero-order valence-electron chi connectivity index (χ0n) is 9.91. The average Bonchev–Trinajstić information content (AvgIpc) is 2.11. The Bertz CT molecular complexity index is 369. The van der Waals surface area contributed by atoms with Crippen LogP contribution in [0.1, 0.15) is 43.2 Å². The first-order valence-corrected chi connectivity index (χ1v) is 6.03. The van der Waals surface area contributed by atoms with Crippen LogP contribution in [0.3, 0.4) is 0 Å². The van der Waals surface area contributed by atoms with Crippen molar-refractivity contribution in [3.63, 3.8) is 0 Å². The third kappa shape index (κ3) is 2.12. The molecule has 0 amide bonds. The summed E-state index contributed by atoms with van der Waals surface area (Å²) in [6.07, 6.45) is 3.28. The highest BCUT2D eigenvalue weighted by atomic mass is 19.1. The van der Waals surface area contributed by atoms with E-state index < -0.39 is 0 Å². The van der Waals surface area contributed by atoms with Crippen LogP contribution >= 0.6 is 0 Å². The van der Waals surface area contributed by atoms with Gasteiger partial charge < -0.3 is 5.11 Å². The van der Waals surface area contributed by atoms with Gasteiger partial charge in [-0.2, -0.15) is 0 Å². The quantitative estimate of drug-likeness (QED) is 0.831. The van der Waals surface area contributed by atoms with Crippen LogP contribution in [0, 0.1) is 18.7 Å². The highest BCUT2D eigenvalue weighted by Gasteiger charge is 2.32. The van der Waals surface area contributed by atoms with E-state index in [-0.39, 0.29) is 17.8 Å². The first-order chi connectivity index (χ1) is 7.59. The second kappa shape index (κ2) is 4.54. The molecule has 1 aromatic carbocycles. The van der Waals surface area contributed by atoms with Gasteiger partial charge in [-0.25, -0.2) is 4.39 Å². The van der Waals surface area contributed by atoms with Crippen LogP contribution < -0.4 is 0 Å². The molecular formula is C14H19FO. The number of halogens is 1. The molecule has 1 aromatic rings. The van der Waals surface area contributed by atoms with E-state index >= 15 is 0 Å². The van der Waals surface area contributed by atoms with Gasteiger partial charge in [-0.3, -0.25) is 0 Å². The fourth-order valence-corrected chi connectivity index (χ4v) is 2.72. The molecule has 0 radical (unpaired) electrons. The minimum absolute atomic E-state index is 0.175. The summed E-state index contributed by atoms with van der Waals surface area (Å²) in [5, 5.41) is 9.90. The molecule has 88 valence electrons. The number of rotatable bonds is 3. The second-order valence-electron chi connectivity index (χ2n) is 4.96. The summed E-state index contributed by atoms with van der Waals surface area (Å²) in [7, 11) is 0. The van der Waals surface area contributed by atoms with Crippen LogP contribution in [0.4, 0.5) is 4.39 Å². The third-order valence-corrected chi connectivity index (χ3v) is 3.77. The summed E-state index contributed by atoms with van der Waals surface area (Å²) in [6, 6.07) is 4.89. The van der Waals surface area contributed by atoms with Gasteiger partial charge in [0.2, 0.25) is 0 Å². The molecule has 0 unspecified atom stereocenters. The smallest absolute Gasteiger partial charge is 0.123 e. The molecule has 0 spiro atoms. The Morgan fingerprint density at radius 3 is 2.50 bits per heavy atom. The molecule has 1 N–H and O–H groups in total. The van der Waals surface area contributed by atoms with Gasteiger partial charge in [-0.05, 0) is 55.9 Å². The molecule has 1 saturated carbocycles. The maximum Gasteiger partial charge on any atom is 0.123 e. The first-order valence-electron chi connectivity index (χ1n) is 6.03. The summed E-state index contributed by atoms with van der Waals surface area (Å²) in [5.41, 5.74) is 2.07. The lowest BCUT2D eigenvalue weighted by Crippen LogP contribution is -2.29. The van der Waals surface area contributed by atoms with Crippen LogP contribution in [0.5, 0.6) is 0 Å². The molecular weight excluding hydrogens is 203 g/mol. The highest BCUT2D eigenvalue weighted by Crippen LogP contribution is 2.42. The SMILES string of the molecule is Cc1cc(F)ccc1[C@H](C1CCC1)[C@@H](C)O. The van der Waals surface area contributed by atoms with Crippen molar-refractivity contribution in [2.24, 2.45) is 5.92 Å². The summed E-state index contributed by atoms with van der Waals surface area (Å²) >= 11 is 0. The van der Waals surface area contributed by atoms with Gasteiger partial charge in [0.05, 0.1) is 6.10 Å². The van der Waals surface area contributed by atoms with E-state index in [4.69, 9.17) is 0 Å². The average molecular weight is 222 g/mol. The van der Waals surface area contributed by atoms with Gasteiger partial charge in [0.1, 0.15) is 5.82 Å². The van der Waals surface area contributed by atoms with E-state index in [2.05, 4.69) is 0 Å². The fraction of sp³-hybridized carbons (Fsp3) is 0.571. The van der Waals surface area contributed by atoms with Crippen LogP contribution in [0.15, 0.2) is 18.2 Å². The van der Waals surface area contributed by atoms with E-state index in [0.29, 0.717) is 5.92 Å². The maximum atomic E-state index is 13.0. The number of hydrogen-bond acceptors (Lipinski definition) is 1. The number of benzene rings is 1. The van der Waals surface area contributed by atoms with Gasteiger partial charge >= 0.3 is 0 Å². The van der Waals surface area contributed by atoms with Gasteiger partial charge in [0, 0.05) is 5.92 Å². The largest absolute Gasteiger partial charge is 0.393 e. The summed E-state index contributed by atoms with van der Waals surface area (Å²) in [6.45, 7) is 3.76. The molecule has 16 heavy (non-hydrogen) atoms. The van der Waals surface area contributed by atoms with Crippen LogP contribution in [0.25, 0.3) is 0 Å². The Morgan fingerprint density at radius 1 is 1.38 bits per heavy atom. The number of hydrogen-bond donors (Lipinski definition) is 1. The van der Waals surface area contributed by atoms with E-state index in [1.807, 2.05) is 19.9 Å². The van der Waals surface area contributed by atoms with Crippen molar-refractivity contribution in [3.05, 3.63) is 35.1 Å². The normalized spacial score (nSPS) is 20.2. The number of aryl methyl sites for hydroxylation is 1. The first kappa shape index (κ1) is 11.6. The standard InChI is InChI=1S/C14H19FO/c1-9-8-12(15)6-7-13(9)14(10(2)16)11-4-3-5-11/h6-8,10-11,14,16H,3-5H2,1-2H3/t10-,14+/m1/s1. The Kier molecular flexibility index (Phi) is 3.29. The van der Waals surface area contributed by atoms with E-state index in [1.165, 1.54) is 25.3 Å². The minimum Gasteiger partial charge on any atom is -0.393 e. The van der Waals surface area contributed by atoms with E-state index in [9.17, 15) is 9.50 Å². The number of aliphatic hydroxyl groups excluding tert-OH is 1. The fourth-order valence-electron chi connectivity index (χ4n) is 2.72. The Balaban J connectivity index is 2.30. The van der Waals surface area contributed by atoms with Crippen LogP contribution in [-0.2, 0) is 0 Å². The van der Waals surface area contributed by atoms with Crippen molar-refractivity contribution >= 4 is 0 Å². The van der Waals surface area contributed by atoms with Crippen molar-refractivity contribution < 1.29 is 9.50 Å². The minimum atomic E-state index is -0.352. The molecule has 1 fully saturated rings.